The van der Waals surface area contributed by atoms with Crippen molar-refractivity contribution >= 4 is 5.91 Å². The first kappa shape index (κ1) is 27.4. The van der Waals surface area contributed by atoms with E-state index in [-0.39, 0.29) is 16.7 Å². The van der Waals surface area contributed by atoms with Crippen LogP contribution in [-0.4, -0.2) is 67.9 Å². The van der Waals surface area contributed by atoms with Crippen molar-refractivity contribution in [1.29, 1.82) is 0 Å². The van der Waals surface area contributed by atoms with Gasteiger partial charge in [0.05, 0.1) is 0 Å². The molecule has 192 valence electrons. The maximum atomic E-state index is 13.4. The number of likely N-dealkylation sites (tertiary alicyclic amines) is 1. The number of carbonyl (C=O) groups excluding carboxylic acids is 1. The zero-order valence-corrected chi connectivity index (χ0v) is 23.6. The molecular weight excluding hydrogens is 430 g/mol. The Kier molecular flexibility index (Phi) is 8.49. The number of rotatable bonds is 7. The fraction of sp³-hybridized carbons (Fsp3) is 0.581. The fourth-order valence-electron chi connectivity index (χ4n) is 4.97. The molecule has 3 rings (SSSR count). The highest BCUT2D eigenvalue weighted by Gasteiger charge is 2.32. The second-order valence-corrected chi connectivity index (χ2v) is 12.8. The van der Waals surface area contributed by atoms with Gasteiger partial charge in [0.1, 0.15) is 0 Å². The lowest BCUT2D eigenvalue weighted by Crippen LogP contribution is -2.29. The lowest BCUT2D eigenvalue weighted by Gasteiger charge is -2.28. The summed E-state index contributed by atoms with van der Waals surface area (Å²) in [5, 5.41) is 0. The Labute approximate surface area is 214 Å². The third-order valence-electron chi connectivity index (χ3n) is 7.20. The maximum Gasteiger partial charge on any atom is 0.253 e. The first-order chi connectivity index (χ1) is 16.3. The van der Waals surface area contributed by atoms with Crippen molar-refractivity contribution in [1.82, 2.24) is 14.7 Å². The normalized spacial score (nSPS) is 17.0. The van der Waals surface area contributed by atoms with E-state index in [2.05, 4.69) is 108 Å². The molecule has 0 bridgehead atoms. The number of nitrogens with zero attached hydrogens (tertiary/aromatic N) is 3. The smallest absolute Gasteiger partial charge is 0.253 e. The van der Waals surface area contributed by atoms with Gasteiger partial charge < -0.3 is 14.7 Å². The molecule has 1 unspecified atom stereocenters. The quantitative estimate of drug-likeness (QED) is 0.496. The van der Waals surface area contributed by atoms with Crippen LogP contribution in [0.1, 0.15) is 86.5 Å². The Balaban J connectivity index is 1.77. The number of hydrogen-bond acceptors (Lipinski definition) is 3. The minimum atomic E-state index is 0.0354. The summed E-state index contributed by atoms with van der Waals surface area (Å²) in [6.07, 6.45) is 1.02. The van der Waals surface area contributed by atoms with Crippen LogP contribution in [0.3, 0.4) is 0 Å². The van der Waals surface area contributed by atoms with Crippen LogP contribution in [-0.2, 0) is 17.4 Å². The lowest BCUT2D eigenvalue weighted by molar-refractivity contribution is 0.0790. The third-order valence-corrected chi connectivity index (χ3v) is 7.20. The van der Waals surface area contributed by atoms with Crippen LogP contribution >= 0.6 is 0 Å². The summed E-state index contributed by atoms with van der Waals surface area (Å²) < 4.78 is 0. The minimum Gasteiger partial charge on any atom is -0.338 e. The average molecular weight is 478 g/mol. The molecule has 1 amide bonds. The molecule has 0 aliphatic carbocycles. The van der Waals surface area contributed by atoms with Gasteiger partial charge in [0, 0.05) is 44.2 Å². The predicted octanol–water partition coefficient (Wildman–Crippen LogP) is 5.90. The molecule has 1 fully saturated rings. The van der Waals surface area contributed by atoms with Gasteiger partial charge in [0.2, 0.25) is 0 Å². The summed E-state index contributed by atoms with van der Waals surface area (Å²) in [6.45, 7) is 18.2. The fourth-order valence-corrected chi connectivity index (χ4v) is 4.97. The number of amides is 1. The van der Waals surface area contributed by atoms with E-state index in [0.717, 1.165) is 44.7 Å². The Morgan fingerprint density at radius 1 is 0.943 bits per heavy atom. The number of carbonyl (C=O) groups is 1. The molecule has 35 heavy (non-hydrogen) atoms. The zero-order chi connectivity index (χ0) is 26.0. The van der Waals surface area contributed by atoms with E-state index in [1.807, 2.05) is 12.1 Å². The molecule has 1 saturated heterocycles. The van der Waals surface area contributed by atoms with Gasteiger partial charge in [-0.3, -0.25) is 4.79 Å². The van der Waals surface area contributed by atoms with Gasteiger partial charge in [0.15, 0.2) is 0 Å². The van der Waals surface area contributed by atoms with Gasteiger partial charge >= 0.3 is 0 Å². The molecule has 1 aliphatic rings. The molecule has 0 radical (unpaired) electrons. The van der Waals surface area contributed by atoms with Crippen LogP contribution < -0.4 is 0 Å². The zero-order valence-electron chi connectivity index (χ0n) is 23.6. The van der Waals surface area contributed by atoms with E-state index in [9.17, 15) is 4.79 Å². The van der Waals surface area contributed by atoms with Crippen molar-refractivity contribution in [2.45, 2.75) is 71.3 Å². The summed E-state index contributed by atoms with van der Waals surface area (Å²) in [6, 6.07) is 15.2. The SMILES string of the molecule is CN(C)CCN(C)Cc1ccc(C2CCN(C(=O)c3cccc(C(C)(C)C)c3)C2)c(C(C)(C)C)c1. The Morgan fingerprint density at radius 3 is 2.29 bits per heavy atom. The standard InChI is InChI=1S/C31H47N3O/c1-30(2,3)26-12-10-11-24(20-26)29(35)34-16-15-25(22-34)27-14-13-23(19-28(27)31(4,5)6)21-33(9)18-17-32(7)8/h10-14,19-20,25H,15-18,21-22H2,1-9H3. The number of hydrogen-bond donors (Lipinski definition) is 0. The average Bonchev–Trinajstić information content (AvgIpc) is 3.26. The molecule has 1 heterocycles. The van der Waals surface area contributed by atoms with Crippen LogP contribution in [0.25, 0.3) is 0 Å². The number of likely N-dealkylation sites (N-methyl/N-ethyl adjacent to an activating group) is 2. The molecular formula is C31H47N3O. The summed E-state index contributed by atoms with van der Waals surface area (Å²) in [7, 11) is 6.44. The molecule has 4 heteroatoms. The van der Waals surface area contributed by atoms with Crippen molar-refractivity contribution in [2.24, 2.45) is 0 Å². The van der Waals surface area contributed by atoms with Gasteiger partial charge in [0.25, 0.3) is 5.91 Å². The van der Waals surface area contributed by atoms with Crippen LogP contribution in [0.5, 0.6) is 0 Å². The highest BCUT2D eigenvalue weighted by molar-refractivity contribution is 5.94. The van der Waals surface area contributed by atoms with E-state index in [1.165, 1.54) is 22.3 Å². The van der Waals surface area contributed by atoms with Crippen molar-refractivity contribution in [3.8, 4) is 0 Å². The molecule has 0 aromatic heterocycles. The van der Waals surface area contributed by atoms with E-state index in [1.54, 1.807) is 0 Å². The van der Waals surface area contributed by atoms with Crippen molar-refractivity contribution in [3.05, 3.63) is 70.3 Å². The maximum absolute atomic E-state index is 13.4. The van der Waals surface area contributed by atoms with Crippen LogP contribution in [0.2, 0.25) is 0 Å². The molecule has 2 aromatic carbocycles. The molecule has 0 spiro atoms. The van der Waals surface area contributed by atoms with Crippen LogP contribution in [0.15, 0.2) is 42.5 Å². The first-order valence-corrected chi connectivity index (χ1v) is 13.1. The van der Waals surface area contributed by atoms with Gasteiger partial charge in [-0.05, 0) is 72.8 Å². The molecule has 1 atom stereocenters. The molecule has 0 N–H and O–H groups in total. The molecule has 2 aromatic rings. The van der Waals surface area contributed by atoms with Gasteiger partial charge in [-0.25, -0.2) is 0 Å². The highest BCUT2D eigenvalue weighted by Crippen LogP contribution is 2.37. The van der Waals surface area contributed by atoms with E-state index >= 15 is 0 Å². The largest absolute Gasteiger partial charge is 0.338 e. The monoisotopic (exact) mass is 477 g/mol. The topological polar surface area (TPSA) is 26.8 Å². The third kappa shape index (κ3) is 7.17. The van der Waals surface area contributed by atoms with Gasteiger partial charge in [-0.2, -0.15) is 0 Å². The predicted molar refractivity (Wildman–Crippen MR) is 148 cm³/mol. The van der Waals surface area contributed by atoms with Crippen LogP contribution in [0, 0.1) is 0 Å². The summed E-state index contributed by atoms with van der Waals surface area (Å²) in [5.41, 5.74) is 6.32. The van der Waals surface area contributed by atoms with Crippen molar-refractivity contribution in [2.75, 3.05) is 47.3 Å². The second-order valence-electron chi connectivity index (χ2n) is 12.8. The van der Waals surface area contributed by atoms with Crippen molar-refractivity contribution < 1.29 is 4.79 Å². The summed E-state index contributed by atoms with van der Waals surface area (Å²) in [5.74, 6) is 0.551. The van der Waals surface area contributed by atoms with E-state index < -0.39 is 0 Å². The first-order valence-electron chi connectivity index (χ1n) is 13.1. The highest BCUT2D eigenvalue weighted by atomic mass is 16.2. The Morgan fingerprint density at radius 2 is 1.66 bits per heavy atom. The van der Waals surface area contributed by atoms with Crippen LogP contribution in [0.4, 0.5) is 0 Å². The Bertz CT molecular complexity index is 1010. The van der Waals surface area contributed by atoms with Crippen molar-refractivity contribution in [3.63, 3.8) is 0 Å². The van der Waals surface area contributed by atoms with E-state index in [0.29, 0.717) is 5.92 Å². The minimum absolute atomic E-state index is 0.0354. The molecule has 0 saturated carbocycles. The van der Waals surface area contributed by atoms with E-state index in [4.69, 9.17) is 0 Å². The molecule has 4 nitrogen and oxygen atoms in total. The number of benzene rings is 2. The second kappa shape index (κ2) is 10.8. The van der Waals surface area contributed by atoms with Gasteiger partial charge in [-0.1, -0.05) is 71.9 Å². The van der Waals surface area contributed by atoms with Gasteiger partial charge in [-0.15, -0.1) is 0 Å². The summed E-state index contributed by atoms with van der Waals surface area (Å²) >= 11 is 0. The lowest BCUT2D eigenvalue weighted by atomic mass is 9.79. The Hall–Kier alpha value is -2.17. The molecule has 1 aliphatic heterocycles. The summed E-state index contributed by atoms with van der Waals surface area (Å²) in [4.78, 5) is 20.1.